The first-order chi connectivity index (χ1) is 10.1. The summed E-state index contributed by atoms with van der Waals surface area (Å²) in [5, 5.41) is 0. The molecule has 0 aliphatic heterocycles. The van der Waals surface area contributed by atoms with E-state index in [-0.39, 0.29) is 4.90 Å². The van der Waals surface area contributed by atoms with Crippen molar-refractivity contribution in [1.82, 2.24) is 18.4 Å². The lowest BCUT2D eigenvalue weighted by atomic mass is 10.3. The van der Waals surface area contributed by atoms with E-state index in [2.05, 4.69) is 32.2 Å². The molecule has 0 bridgehead atoms. The van der Waals surface area contributed by atoms with Gasteiger partial charge >= 0.3 is 0 Å². The summed E-state index contributed by atoms with van der Waals surface area (Å²) in [7, 11) is -3.53. The zero-order valence-corrected chi connectivity index (χ0v) is 13.9. The van der Waals surface area contributed by atoms with Crippen molar-refractivity contribution >= 4 is 32.8 Å². The fraction of sp³-hybridized carbons (Fsp3) is 0.538. The molecule has 8 heteroatoms. The lowest BCUT2D eigenvalue weighted by Crippen LogP contribution is -2.30. The summed E-state index contributed by atoms with van der Waals surface area (Å²) in [4.78, 5) is 2.47. The summed E-state index contributed by atoms with van der Waals surface area (Å²) < 4.78 is 35.5. The minimum atomic E-state index is -3.53. The third-order valence-corrected chi connectivity index (χ3v) is 5.41. The summed E-state index contributed by atoms with van der Waals surface area (Å²) in [6, 6.07) is 5.02. The first-order valence-corrected chi connectivity index (χ1v) is 9.23. The molecule has 2 aromatic rings. The number of sulfonamides is 1. The molecule has 2 rings (SSSR count). The van der Waals surface area contributed by atoms with Gasteiger partial charge in [0.2, 0.25) is 10.0 Å². The lowest BCUT2D eigenvalue weighted by molar-refractivity contribution is 0.300. The third-order valence-electron chi connectivity index (χ3n) is 3.38. The van der Waals surface area contributed by atoms with E-state index in [9.17, 15) is 8.42 Å². The Morgan fingerprint density at radius 1 is 1.24 bits per heavy atom. The molecule has 0 aliphatic carbocycles. The number of nitrogens with zero attached hydrogens (tertiary/aromatic N) is 3. The average Bonchev–Trinajstić information content (AvgIpc) is 2.95. The summed E-state index contributed by atoms with van der Waals surface area (Å²) in [5.41, 5.74) is 1.06. The molecule has 0 radical (unpaired) electrons. The van der Waals surface area contributed by atoms with E-state index in [1.165, 1.54) is 0 Å². The smallest absolute Gasteiger partial charge is 0.242 e. The Kier molecular flexibility index (Phi) is 5.63. The molecule has 1 aromatic heterocycles. The molecule has 1 heterocycles. The Hall–Kier alpha value is -1.09. The fourth-order valence-corrected chi connectivity index (χ4v) is 3.96. The van der Waals surface area contributed by atoms with Crippen molar-refractivity contribution < 1.29 is 8.42 Å². The van der Waals surface area contributed by atoms with Gasteiger partial charge in [0.1, 0.15) is 15.9 Å². The Morgan fingerprint density at radius 3 is 2.71 bits per heavy atom. The van der Waals surface area contributed by atoms with Crippen molar-refractivity contribution in [1.29, 1.82) is 0 Å². The third kappa shape index (κ3) is 3.97. The molecule has 0 saturated carbocycles. The van der Waals surface area contributed by atoms with Crippen molar-refractivity contribution in [2.24, 2.45) is 0 Å². The Morgan fingerprint density at radius 2 is 2.00 bits per heavy atom. The van der Waals surface area contributed by atoms with E-state index in [1.807, 2.05) is 0 Å². The molecule has 6 nitrogen and oxygen atoms in total. The molecule has 21 heavy (non-hydrogen) atoms. The van der Waals surface area contributed by atoms with Crippen molar-refractivity contribution in [2.45, 2.75) is 25.2 Å². The Balaban J connectivity index is 2.01. The highest BCUT2D eigenvalue weighted by Crippen LogP contribution is 2.20. The number of hydrogen-bond donors (Lipinski definition) is 1. The molecule has 0 unspecified atom stereocenters. The van der Waals surface area contributed by atoms with Crippen LogP contribution in [0.2, 0.25) is 0 Å². The maximum absolute atomic E-state index is 12.3. The van der Waals surface area contributed by atoms with Crippen LogP contribution in [0, 0.1) is 0 Å². The molecule has 116 valence electrons. The zero-order chi connectivity index (χ0) is 15.3. The van der Waals surface area contributed by atoms with Crippen LogP contribution in [0.25, 0.3) is 11.0 Å². The molecular formula is C13H20N4O2S2. The van der Waals surface area contributed by atoms with Gasteiger partial charge in [-0.25, -0.2) is 13.1 Å². The quantitative estimate of drug-likeness (QED) is 0.747. The molecule has 0 aliphatic rings. The zero-order valence-electron chi connectivity index (χ0n) is 12.2. The molecule has 1 aromatic carbocycles. The second kappa shape index (κ2) is 7.26. The van der Waals surface area contributed by atoms with E-state index in [0.29, 0.717) is 17.6 Å². The maximum Gasteiger partial charge on any atom is 0.242 e. The van der Waals surface area contributed by atoms with E-state index in [1.54, 1.807) is 18.2 Å². The van der Waals surface area contributed by atoms with E-state index >= 15 is 0 Å². The number of nitrogens with one attached hydrogen (secondary N) is 1. The predicted molar refractivity (Wildman–Crippen MR) is 85.0 cm³/mol. The van der Waals surface area contributed by atoms with Gasteiger partial charge in [-0.2, -0.15) is 8.75 Å². The molecule has 0 spiro atoms. The molecule has 0 amide bonds. The largest absolute Gasteiger partial charge is 0.304 e. The number of benzene rings is 1. The van der Waals surface area contributed by atoms with Gasteiger partial charge in [-0.05, 0) is 38.2 Å². The van der Waals surface area contributed by atoms with Gasteiger partial charge < -0.3 is 4.90 Å². The highest BCUT2D eigenvalue weighted by Gasteiger charge is 2.18. The monoisotopic (exact) mass is 328 g/mol. The van der Waals surface area contributed by atoms with Crippen LogP contribution in [-0.2, 0) is 10.0 Å². The van der Waals surface area contributed by atoms with Crippen molar-refractivity contribution in [3.63, 3.8) is 0 Å². The predicted octanol–water partition coefficient (Wildman–Crippen LogP) is 1.70. The van der Waals surface area contributed by atoms with Gasteiger partial charge in [0.05, 0.1) is 11.7 Å². The van der Waals surface area contributed by atoms with E-state index in [4.69, 9.17) is 0 Å². The van der Waals surface area contributed by atoms with Gasteiger partial charge in [-0.15, -0.1) is 0 Å². The number of rotatable bonds is 8. The SMILES string of the molecule is CCN(CC)CCCNS(=O)(=O)c1cccc2nsnc12. The summed E-state index contributed by atoms with van der Waals surface area (Å²) in [6.45, 7) is 7.47. The van der Waals surface area contributed by atoms with Crippen LogP contribution in [-0.4, -0.2) is 48.2 Å². The van der Waals surface area contributed by atoms with Gasteiger partial charge in [-0.1, -0.05) is 19.9 Å². The molecule has 1 N–H and O–H groups in total. The lowest BCUT2D eigenvalue weighted by Gasteiger charge is -2.17. The molecule has 0 saturated heterocycles. The first kappa shape index (κ1) is 16.3. The Labute approximate surface area is 129 Å². The van der Waals surface area contributed by atoms with Crippen molar-refractivity contribution in [3.05, 3.63) is 18.2 Å². The van der Waals surface area contributed by atoms with E-state index < -0.39 is 10.0 Å². The molecular weight excluding hydrogens is 308 g/mol. The van der Waals surface area contributed by atoms with Crippen LogP contribution in [0.5, 0.6) is 0 Å². The number of aromatic nitrogens is 2. The van der Waals surface area contributed by atoms with Crippen LogP contribution in [0.3, 0.4) is 0 Å². The van der Waals surface area contributed by atoms with Gasteiger partial charge in [0.25, 0.3) is 0 Å². The first-order valence-electron chi connectivity index (χ1n) is 7.01. The minimum absolute atomic E-state index is 0.205. The van der Waals surface area contributed by atoms with E-state index in [0.717, 1.165) is 37.8 Å². The normalized spacial score (nSPS) is 12.3. The van der Waals surface area contributed by atoms with Crippen molar-refractivity contribution in [2.75, 3.05) is 26.2 Å². The molecule has 0 fully saturated rings. The number of hydrogen-bond acceptors (Lipinski definition) is 6. The maximum atomic E-state index is 12.3. The molecule has 0 atom stereocenters. The number of fused-ring (bicyclic) bond motifs is 1. The summed E-state index contributed by atoms with van der Waals surface area (Å²) in [6.07, 6.45) is 0.784. The standard InChI is InChI=1S/C13H20N4O2S2/c1-3-17(4-2)10-6-9-14-21(18,19)12-8-5-7-11-13(12)16-20-15-11/h5,7-8,14H,3-4,6,9-10H2,1-2H3. The van der Waals surface area contributed by atoms with Crippen LogP contribution >= 0.6 is 11.7 Å². The second-order valence-corrected chi connectivity index (χ2v) is 6.93. The van der Waals surface area contributed by atoms with Crippen LogP contribution < -0.4 is 4.72 Å². The fourth-order valence-electron chi connectivity index (χ4n) is 2.13. The van der Waals surface area contributed by atoms with Gasteiger partial charge in [0, 0.05) is 6.54 Å². The highest BCUT2D eigenvalue weighted by atomic mass is 32.2. The Bertz CT molecular complexity index is 680. The van der Waals surface area contributed by atoms with Crippen molar-refractivity contribution in [3.8, 4) is 0 Å². The van der Waals surface area contributed by atoms with Gasteiger partial charge in [-0.3, -0.25) is 0 Å². The average molecular weight is 328 g/mol. The van der Waals surface area contributed by atoms with Crippen LogP contribution in [0.15, 0.2) is 23.1 Å². The summed E-state index contributed by atoms with van der Waals surface area (Å²) in [5.74, 6) is 0. The highest BCUT2D eigenvalue weighted by molar-refractivity contribution is 7.89. The van der Waals surface area contributed by atoms with Gasteiger partial charge in [0.15, 0.2) is 0 Å². The summed E-state index contributed by atoms with van der Waals surface area (Å²) >= 11 is 1.02. The van der Waals surface area contributed by atoms with Crippen LogP contribution in [0.4, 0.5) is 0 Å². The van der Waals surface area contributed by atoms with Crippen LogP contribution in [0.1, 0.15) is 20.3 Å². The second-order valence-electron chi connectivity index (χ2n) is 4.67. The topological polar surface area (TPSA) is 75.2 Å². The minimum Gasteiger partial charge on any atom is -0.304 e.